The molecule has 0 saturated carbocycles. The third-order valence-electron chi connectivity index (χ3n) is 3.94. The molecule has 1 aliphatic heterocycles. The number of fused-ring (bicyclic) bond motifs is 1. The first-order chi connectivity index (χ1) is 11.8. The number of ether oxygens (including phenoxy) is 1. The fourth-order valence-electron chi connectivity index (χ4n) is 2.83. The largest absolute Gasteiger partial charge is 0.456 e. The van der Waals surface area contributed by atoms with Crippen LogP contribution in [0.25, 0.3) is 0 Å². The lowest BCUT2D eigenvalue weighted by Gasteiger charge is -2.20. The summed E-state index contributed by atoms with van der Waals surface area (Å²) in [6.07, 6.45) is 3.23. The smallest absolute Gasteiger partial charge is 0.338 e. The first-order valence-corrected chi connectivity index (χ1v) is 8.48. The van der Waals surface area contributed by atoms with E-state index in [0.717, 1.165) is 30.5 Å². The summed E-state index contributed by atoms with van der Waals surface area (Å²) in [5.74, 6) is 0.324. The van der Waals surface area contributed by atoms with Crippen molar-refractivity contribution in [3.8, 4) is 0 Å². The maximum absolute atomic E-state index is 12.6. The van der Waals surface area contributed by atoms with E-state index in [1.807, 2.05) is 26.8 Å². The maximum Gasteiger partial charge on any atom is 0.338 e. The Morgan fingerprint density at radius 1 is 1.36 bits per heavy atom. The van der Waals surface area contributed by atoms with E-state index < -0.39 is 5.60 Å². The van der Waals surface area contributed by atoms with E-state index in [9.17, 15) is 9.59 Å². The second-order valence-electron chi connectivity index (χ2n) is 7.24. The molecule has 2 heterocycles. The van der Waals surface area contributed by atoms with Crippen molar-refractivity contribution < 1.29 is 9.53 Å². The summed E-state index contributed by atoms with van der Waals surface area (Å²) >= 11 is 0. The number of carbonyl (C=O) groups excluding carboxylic acids is 1. The number of anilines is 1. The summed E-state index contributed by atoms with van der Waals surface area (Å²) in [6, 6.07) is 7.17. The van der Waals surface area contributed by atoms with Gasteiger partial charge in [-0.3, -0.25) is 9.36 Å². The molecule has 0 fully saturated rings. The molecule has 0 atom stereocenters. The van der Waals surface area contributed by atoms with Gasteiger partial charge in [-0.05, 0) is 51.3 Å². The highest BCUT2D eigenvalue weighted by Gasteiger charge is 2.19. The number of esters is 1. The Balaban J connectivity index is 1.83. The highest BCUT2D eigenvalue weighted by molar-refractivity contribution is 5.89. The van der Waals surface area contributed by atoms with Crippen molar-refractivity contribution >= 4 is 11.8 Å². The Hall–Kier alpha value is -2.63. The van der Waals surface area contributed by atoms with Crippen molar-refractivity contribution in [2.45, 2.75) is 45.8 Å². The molecule has 0 saturated heterocycles. The van der Waals surface area contributed by atoms with Gasteiger partial charge in [0.1, 0.15) is 17.7 Å². The number of carbonyl (C=O) groups is 1. The van der Waals surface area contributed by atoms with Gasteiger partial charge >= 0.3 is 5.97 Å². The van der Waals surface area contributed by atoms with Gasteiger partial charge in [0.2, 0.25) is 0 Å². The van der Waals surface area contributed by atoms with Gasteiger partial charge in [-0.15, -0.1) is 0 Å². The van der Waals surface area contributed by atoms with E-state index in [1.54, 1.807) is 29.1 Å². The van der Waals surface area contributed by atoms with Crippen LogP contribution in [-0.4, -0.2) is 27.7 Å². The molecule has 0 amide bonds. The van der Waals surface area contributed by atoms with E-state index in [2.05, 4.69) is 10.3 Å². The van der Waals surface area contributed by atoms with Gasteiger partial charge in [0.25, 0.3) is 5.56 Å². The quantitative estimate of drug-likeness (QED) is 0.869. The monoisotopic (exact) mass is 341 g/mol. The predicted octanol–water partition coefficient (Wildman–Crippen LogP) is 2.61. The number of hydrogen-bond acceptors (Lipinski definition) is 5. The van der Waals surface area contributed by atoms with Crippen LogP contribution in [0.5, 0.6) is 0 Å². The lowest BCUT2D eigenvalue weighted by atomic mass is 10.1. The predicted molar refractivity (Wildman–Crippen MR) is 96.0 cm³/mol. The number of benzene rings is 1. The van der Waals surface area contributed by atoms with Crippen molar-refractivity contribution in [3.63, 3.8) is 0 Å². The first-order valence-electron chi connectivity index (χ1n) is 8.48. The molecule has 1 aromatic carbocycles. The molecule has 0 aliphatic carbocycles. The van der Waals surface area contributed by atoms with E-state index in [-0.39, 0.29) is 11.5 Å². The lowest BCUT2D eigenvalue weighted by molar-refractivity contribution is 0.00694. The van der Waals surface area contributed by atoms with Gasteiger partial charge in [0.05, 0.1) is 17.7 Å². The summed E-state index contributed by atoms with van der Waals surface area (Å²) in [6.45, 7) is 6.72. The van der Waals surface area contributed by atoms with E-state index in [4.69, 9.17) is 4.74 Å². The molecule has 6 heteroatoms. The number of hydrogen-bond donors (Lipinski definition) is 1. The van der Waals surface area contributed by atoms with Gasteiger partial charge in [-0.2, -0.15) is 0 Å². The number of nitrogens with one attached hydrogen (secondary N) is 1. The molecule has 2 aromatic rings. The third-order valence-corrected chi connectivity index (χ3v) is 3.94. The van der Waals surface area contributed by atoms with Gasteiger partial charge in [0.15, 0.2) is 0 Å². The molecule has 1 N–H and O–H groups in total. The van der Waals surface area contributed by atoms with E-state index in [0.29, 0.717) is 17.9 Å². The Morgan fingerprint density at radius 3 is 2.92 bits per heavy atom. The Morgan fingerprint density at radius 2 is 2.16 bits per heavy atom. The summed E-state index contributed by atoms with van der Waals surface area (Å²) in [7, 11) is 0. The molecule has 6 nitrogen and oxygen atoms in total. The zero-order valence-corrected chi connectivity index (χ0v) is 14.8. The Labute approximate surface area is 146 Å². The lowest BCUT2D eigenvalue weighted by Crippen LogP contribution is -2.29. The van der Waals surface area contributed by atoms with Crippen molar-refractivity contribution in [2.75, 3.05) is 11.9 Å². The molecule has 0 spiro atoms. The fourth-order valence-corrected chi connectivity index (χ4v) is 2.83. The van der Waals surface area contributed by atoms with Crippen LogP contribution in [0.1, 0.15) is 48.7 Å². The van der Waals surface area contributed by atoms with Crippen molar-refractivity contribution in [3.05, 3.63) is 57.6 Å². The van der Waals surface area contributed by atoms with Crippen LogP contribution < -0.4 is 10.9 Å². The maximum atomic E-state index is 12.6. The van der Waals surface area contributed by atoms with E-state index in [1.165, 1.54) is 0 Å². The molecule has 0 bridgehead atoms. The number of aromatic nitrogens is 2. The molecule has 3 rings (SSSR count). The highest BCUT2D eigenvalue weighted by atomic mass is 16.6. The van der Waals surface area contributed by atoms with Crippen LogP contribution in [0.15, 0.2) is 35.4 Å². The summed E-state index contributed by atoms with van der Waals surface area (Å²) in [4.78, 5) is 29.2. The normalized spacial score (nSPS) is 13.7. The number of nitrogens with zero attached hydrogens (tertiary/aromatic N) is 2. The molecular weight excluding hydrogens is 318 g/mol. The van der Waals surface area contributed by atoms with Gasteiger partial charge < -0.3 is 10.1 Å². The third kappa shape index (κ3) is 4.07. The van der Waals surface area contributed by atoms with Crippen LogP contribution in [0, 0.1) is 0 Å². The van der Waals surface area contributed by atoms with Crippen LogP contribution in [0.2, 0.25) is 0 Å². The minimum absolute atomic E-state index is 0.0279. The first kappa shape index (κ1) is 17.2. The minimum Gasteiger partial charge on any atom is -0.456 e. The Kier molecular flexibility index (Phi) is 4.61. The summed E-state index contributed by atoms with van der Waals surface area (Å²) < 4.78 is 6.98. The zero-order valence-electron chi connectivity index (χ0n) is 14.8. The summed E-state index contributed by atoms with van der Waals surface area (Å²) in [5.41, 5.74) is 1.50. The molecule has 1 aromatic heterocycles. The Bertz CT molecular complexity index is 850. The van der Waals surface area contributed by atoms with Crippen LogP contribution in [0.3, 0.4) is 0 Å². The van der Waals surface area contributed by atoms with Gasteiger partial charge in [-0.1, -0.05) is 12.1 Å². The van der Waals surface area contributed by atoms with Crippen LogP contribution >= 0.6 is 0 Å². The molecular formula is C19H23N3O3. The van der Waals surface area contributed by atoms with Crippen molar-refractivity contribution in [2.24, 2.45) is 0 Å². The molecule has 1 aliphatic rings. The average Bonchev–Trinajstić information content (AvgIpc) is 2.56. The van der Waals surface area contributed by atoms with Crippen molar-refractivity contribution in [1.29, 1.82) is 0 Å². The fraction of sp³-hybridized carbons (Fsp3) is 0.421. The second kappa shape index (κ2) is 6.70. The second-order valence-corrected chi connectivity index (χ2v) is 7.24. The molecule has 25 heavy (non-hydrogen) atoms. The molecule has 132 valence electrons. The van der Waals surface area contributed by atoms with Crippen molar-refractivity contribution in [1.82, 2.24) is 9.55 Å². The topological polar surface area (TPSA) is 73.2 Å². The SMILES string of the molecule is CC(C)(C)OC(=O)c1cccc(Cn2cnc3c(c2=O)CCCN3)c1. The van der Waals surface area contributed by atoms with Crippen LogP contribution in [-0.2, 0) is 17.7 Å². The van der Waals surface area contributed by atoms with Crippen LogP contribution in [0.4, 0.5) is 5.82 Å². The van der Waals surface area contributed by atoms with Gasteiger partial charge in [0, 0.05) is 6.54 Å². The molecule has 0 unspecified atom stereocenters. The average molecular weight is 341 g/mol. The van der Waals surface area contributed by atoms with Gasteiger partial charge in [-0.25, -0.2) is 9.78 Å². The van der Waals surface area contributed by atoms with E-state index >= 15 is 0 Å². The zero-order chi connectivity index (χ0) is 18.0. The standard InChI is InChI=1S/C19H23N3O3/c1-19(2,3)25-18(24)14-7-4-6-13(10-14)11-22-12-21-16-15(17(22)23)8-5-9-20-16/h4,6-7,10,12,20H,5,8-9,11H2,1-3H3. The highest BCUT2D eigenvalue weighted by Crippen LogP contribution is 2.16. The summed E-state index contributed by atoms with van der Waals surface area (Å²) in [5, 5.41) is 3.15. The minimum atomic E-state index is -0.542. The number of rotatable bonds is 3. The molecule has 0 radical (unpaired) electrons.